The molecule has 13 nitrogen and oxygen atoms in total. The lowest BCUT2D eigenvalue weighted by molar-refractivity contribution is -0.893. The molecule has 71 heavy (non-hydrogen) atoms. The fourth-order valence-corrected chi connectivity index (χ4v) is 12.6. The van der Waals surface area contributed by atoms with Crippen LogP contribution < -0.4 is 34.6 Å². The summed E-state index contributed by atoms with van der Waals surface area (Å²) in [5.74, 6) is -1.99. The van der Waals surface area contributed by atoms with Crippen LogP contribution in [0.25, 0.3) is 0 Å². The van der Waals surface area contributed by atoms with E-state index < -0.39 is 57.9 Å². The molecule has 10 rings (SSSR count). The first kappa shape index (κ1) is 49.9. The van der Waals surface area contributed by atoms with Crippen molar-refractivity contribution < 1.29 is 61.4 Å². The molecule has 4 atom stereocenters. The van der Waals surface area contributed by atoms with Crippen LogP contribution in [-0.4, -0.2) is 98.8 Å². The first-order valence-corrected chi connectivity index (χ1v) is 26.1. The Kier molecular flexibility index (Phi) is 15.6. The minimum atomic E-state index is -1.69. The molecule has 16 heteroatoms. The number of amides is 2. The molecular formula is C55H55IN6O7S2. The van der Waals surface area contributed by atoms with Crippen molar-refractivity contribution in [1.82, 2.24) is 15.2 Å². The van der Waals surface area contributed by atoms with Gasteiger partial charge in [-0.15, -0.1) is 11.3 Å². The molecule has 3 saturated heterocycles. The van der Waals surface area contributed by atoms with Crippen molar-refractivity contribution in [2.75, 3.05) is 44.4 Å². The second-order valence-corrected chi connectivity index (χ2v) is 20.8. The Morgan fingerprint density at radius 3 is 1.92 bits per heavy atom. The third kappa shape index (κ3) is 10.5. The molecule has 1 aromatic heterocycles. The maximum Gasteiger partial charge on any atom is 0.356 e. The number of thiazole rings is 1. The van der Waals surface area contributed by atoms with E-state index in [4.69, 9.17) is 19.3 Å². The van der Waals surface area contributed by atoms with Crippen LogP contribution in [0.5, 0.6) is 0 Å². The van der Waals surface area contributed by atoms with E-state index in [0.29, 0.717) is 34.8 Å². The molecule has 0 bridgehead atoms. The molecule has 2 N–H and O–H groups in total. The van der Waals surface area contributed by atoms with Crippen molar-refractivity contribution in [3.8, 4) is 0 Å². The summed E-state index contributed by atoms with van der Waals surface area (Å²) < 4.78 is 27.3. The average Bonchev–Trinajstić information content (AvgIpc) is 4.06. The highest BCUT2D eigenvalue weighted by Gasteiger charge is 2.58. The number of likely N-dealkylation sites (N-methyl/N-ethyl adjacent to an activating group) is 1. The van der Waals surface area contributed by atoms with E-state index in [1.54, 1.807) is 5.38 Å². The number of ether oxygens (including phenoxy) is 2. The number of nitrogens with one attached hydrogen (secondary N) is 2. The summed E-state index contributed by atoms with van der Waals surface area (Å²) in [4.78, 5) is 56.3. The minimum Gasteiger partial charge on any atom is -1.00 e. The first-order chi connectivity index (χ1) is 34.2. The molecule has 5 heterocycles. The fourth-order valence-electron chi connectivity index (χ4n) is 10.1. The Balaban J connectivity index is 0.00000624. The van der Waals surface area contributed by atoms with Gasteiger partial charge in [0.2, 0.25) is 6.29 Å². The van der Waals surface area contributed by atoms with Gasteiger partial charge in [-0.2, -0.15) is 0 Å². The number of esters is 1. The zero-order valence-electron chi connectivity index (χ0n) is 39.2. The van der Waals surface area contributed by atoms with Crippen LogP contribution in [-0.2, 0) is 45.0 Å². The number of likely N-dealkylation sites (tertiary alicyclic amines) is 1. The molecule has 3 unspecified atom stereocenters. The van der Waals surface area contributed by atoms with Gasteiger partial charge in [0.05, 0.1) is 43.3 Å². The molecule has 6 aromatic rings. The number of aromatic nitrogens is 1. The molecule has 5 aromatic carbocycles. The SMILES string of the molecule is C[N+]1(CC2=C(C(=O)OC(c3ccccc3)c3ccccc3)N3C(=O)C(NC(=O)C(=NOC4CCCCO4)c4csc(NC(c5ccccc5)(c5ccccc5)c5ccccc5)n4)[C@@H]3S(=O)C2)CCCC1.[I-]. The van der Waals surface area contributed by atoms with Gasteiger partial charge in [-0.25, -0.2) is 9.78 Å². The number of benzene rings is 5. The van der Waals surface area contributed by atoms with E-state index >= 15 is 0 Å². The summed E-state index contributed by atoms with van der Waals surface area (Å²) in [6, 6.07) is 48.0. The van der Waals surface area contributed by atoms with Gasteiger partial charge in [-0.1, -0.05) is 157 Å². The number of anilines is 1. The average molecular weight is 1100 g/mol. The Labute approximate surface area is 437 Å². The van der Waals surface area contributed by atoms with Crippen molar-refractivity contribution in [3.05, 3.63) is 202 Å². The van der Waals surface area contributed by atoms with Gasteiger partial charge >= 0.3 is 5.97 Å². The van der Waals surface area contributed by atoms with E-state index in [2.05, 4.69) is 59.2 Å². The van der Waals surface area contributed by atoms with Gasteiger partial charge in [0.1, 0.15) is 34.9 Å². The van der Waals surface area contributed by atoms with Crippen LogP contribution in [0.3, 0.4) is 0 Å². The summed E-state index contributed by atoms with van der Waals surface area (Å²) in [5.41, 5.74) is 4.22. The number of oxime groups is 1. The van der Waals surface area contributed by atoms with Gasteiger partial charge in [-0.3, -0.25) is 18.7 Å². The molecule has 0 spiro atoms. The normalized spacial score (nSPS) is 20.8. The number of quaternary nitrogens is 1. The smallest absolute Gasteiger partial charge is 0.356 e. The number of hydrogen-bond donors (Lipinski definition) is 2. The van der Waals surface area contributed by atoms with Crippen LogP contribution in [0, 0.1) is 0 Å². The van der Waals surface area contributed by atoms with E-state index in [-0.39, 0.29) is 46.8 Å². The molecule has 0 aliphatic carbocycles. The molecular weight excluding hydrogens is 1050 g/mol. The van der Waals surface area contributed by atoms with Crippen LogP contribution in [0.4, 0.5) is 5.13 Å². The van der Waals surface area contributed by atoms with E-state index in [9.17, 15) is 18.6 Å². The number of rotatable bonds is 16. The lowest BCUT2D eigenvalue weighted by Crippen LogP contribution is -3.00. The first-order valence-electron chi connectivity index (χ1n) is 23.8. The third-order valence-electron chi connectivity index (χ3n) is 13.6. The minimum absolute atomic E-state index is 0. The monoisotopic (exact) mass is 1100 g/mol. The zero-order chi connectivity index (χ0) is 48.1. The summed E-state index contributed by atoms with van der Waals surface area (Å²) in [6.07, 6.45) is 2.92. The van der Waals surface area contributed by atoms with Gasteiger partial charge in [0, 0.05) is 30.2 Å². The van der Waals surface area contributed by atoms with Gasteiger partial charge < -0.3 is 53.4 Å². The highest BCUT2D eigenvalue weighted by Crippen LogP contribution is 2.42. The van der Waals surface area contributed by atoms with Crippen molar-refractivity contribution in [1.29, 1.82) is 0 Å². The van der Waals surface area contributed by atoms with Crippen molar-refractivity contribution in [3.63, 3.8) is 0 Å². The van der Waals surface area contributed by atoms with Crippen molar-refractivity contribution >= 4 is 50.8 Å². The summed E-state index contributed by atoms with van der Waals surface area (Å²) in [7, 11) is 0.433. The highest BCUT2D eigenvalue weighted by atomic mass is 127. The maximum atomic E-state index is 14.8. The number of halogens is 1. The number of carbonyl (C=O) groups excluding carboxylic acids is 3. The highest BCUT2D eigenvalue weighted by molar-refractivity contribution is 7.86. The van der Waals surface area contributed by atoms with E-state index in [1.807, 2.05) is 115 Å². The quantitative estimate of drug-likeness (QED) is 0.0259. The summed E-state index contributed by atoms with van der Waals surface area (Å²) >= 11 is 1.29. The number of fused-ring (bicyclic) bond motifs is 1. The van der Waals surface area contributed by atoms with Crippen molar-refractivity contribution in [2.45, 2.75) is 61.5 Å². The second-order valence-electron chi connectivity index (χ2n) is 18.4. The van der Waals surface area contributed by atoms with Crippen LogP contribution in [0.2, 0.25) is 0 Å². The fraction of sp³-hybridized carbons (Fsp3) is 0.291. The maximum absolute atomic E-state index is 14.8. The molecule has 366 valence electrons. The number of nitrogens with zero attached hydrogens (tertiary/aromatic N) is 4. The largest absolute Gasteiger partial charge is 1.00 e. The Hall–Kier alpha value is -6.05. The summed E-state index contributed by atoms with van der Waals surface area (Å²) in [5, 5.41) is 12.2. The predicted molar refractivity (Wildman–Crippen MR) is 270 cm³/mol. The van der Waals surface area contributed by atoms with Gasteiger partial charge in [-0.05, 0) is 40.7 Å². The molecule has 4 aliphatic heterocycles. The topological polar surface area (TPSA) is 149 Å². The van der Waals surface area contributed by atoms with E-state index in [0.717, 1.165) is 66.6 Å². The molecule has 3 fully saturated rings. The van der Waals surface area contributed by atoms with Crippen LogP contribution in [0.1, 0.15) is 71.7 Å². The standard InChI is InChI=1S/C55H54N6O7S2.HI/c1-61(32-18-19-33-61)35-40-37-70(65)52-47(51(63)60(52)48(40)53(64)67-49(38-21-7-2-8-22-38)39-23-9-3-10-24-39)57-50(62)46(59-68-45-31-17-20-34-66-45)44-36-69-54(56-44)58-55(41-25-11-4-12-26-41,42-27-13-5-14-28-42)43-29-15-6-16-30-43;/h2-16,21-30,36,45,47,49,52H,17-20,31-35,37H2,1H3,(H-,56,57,58,62);1H/t45?,47?,52-,70?;/m0./s1. The Bertz CT molecular complexity index is 2760. The molecule has 0 saturated carbocycles. The molecule has 4 aliphatic rings. The van der Waals surface area contributed by atoms with E-state index in [1.165, 1.54) is 16.2 Å². The number of β-lactam (4-membered cyclic amide) rings is 1. The number of hydrogen-bond acceptors (Lipinski definition) is 11. The third-order valence-corrected chi connectivity index (χ3v) is 16.0. The predicted octanol–water partition coefficient (Wildman–Crippen LogP) is 5.04. The lowest BCUT2D eigenvalue weighted by atomic mass is 9.77. The second kappa shape index (κ2) is 22.2. The van der Waals surface area contributed by atoms with Crippen LogP contribution in [0.15, 0.2) is 173 Å². The Morgan fingerprint density at radius 2 is 1.38 bits per heavy atom. The zero-order valence-corrected chi connectivity index (χ0v) is 43.0. The van der Waals surface area contributed by atoms with Crippen molar-refractivity contribution in [2.24, 2.45) is 5.16 Å². The van der Waals surface area contributed by atoms with Crippen LogP contribution >= 0.6 is 11.3 Å². The lowest BCUT2D eigenvalue weighted by Gasteiger charge is -2.49. The molecule has 0 radical (unpaired) electrons. The summed E-state index contributed by atoms with van der Waals surface area (Å²) in [6.45, 7) is 2.70. The Morgan fingerprint density at radius 1 is 0.831 bits per heavy atom. The van der Waals surface area contributed by atoms with Gasteiger partial charge in [0.25, 0.3) is 11.8 Å². The number of carbonyl (C=O) groups is 3. The van der Waals surface area contributed by atoms with Gasteiger partial charge in [0.15, 0.2) is 16.9 Å². The molecule has 2 amide bonds.